The van der Waals surface area contributed by atoms with Gasteiger partial charge in [-0.25, -0.2) is 4.98 Å². The summed E-state index contributed by atoms with van der Waals surface area (Å²) in [6.45, 7) is 7.59. The Morgan fingerprint density at radius 3 is 2.26 bits per heavy atom. The molecule has 1 fully saturated rings. The molecule has 3 aromatic carbocycles. The smallest absolute Gasteiger partial charge is 0.306 e. The largest absolute Gasteiger partial charge is 0.466 e. The number of ether oxygens (including phenoxy) is 1. The lowest BCUT2D eigenvalue weighted by Crippen LogP contribution is -2.48. The van der Waals surface area contributed by atoms with E-state index < -0.39 is 0 Å². The minimum Gasteiger partial charge on any atom is -0.466 e. The molecule has 0 atom stereocenters. The fraction of sp³-hybridized carbons (Fsp3) is 0.286. The molecule has 0 unspecified atom stereocenters. The standard InChI is InChI=1S/C35H33N5O2/c1-3-42-32(41)17-16-24-23(2)29(22-36)34-37-30-14-8-9-15-31(30)40(34)35(24)39-20-18-38(19-21-39)33-27-12-6-4-10-25(27)26-11-5-7-13-28(26)33/h4-15,33H,3,16-21H2,1-2H3. The molecule has 1 aliphatic heterocycles. The van der Waals surface area contributed by atoms with Gasteiger partial charge in [0.2, 0.25) is 0 Å². The predicted molar refractivity (Wildman–Crippen MR) is 165 cm³/mol. The van der Waals surface area contributed by atoms with Gasteiger partial charge in [-0.1, -0.05) is 60.7 Å². The van der Waals surface area contributed by atoms with Gasteiger partial charge in [0.15, 0.2) is 5.65 Å². The van der Waals surface area contributed by atoms with Gasteiger partial charge in [0.25, 0.3) is 0 Å². The van der Waals surface area contributed by atoms with Crippen LogP contribution in [0.3, 0.4) is 0 Å². The van der Waals surface area contributed by atoms with Gasteiger partial charge in [-0.05, 0) is 65.8 Å². The molecule has 0 N–H and O–H groups in total. The van der Waals surface area contributed by atoms with Crippen LogP contribution in [0.5, 0.6) is 0 Å². The number of piperazine rings is 1. The van der Waals surface area contributed by atoms with Crippen molar-refractivity contribution in [3.8, 4) is 17.2 Å². The number of hydrogen-bond donors (Lipinski definition) is 0. The van der Waals surface area contributed by atoms with Crippen LogP contribution in [-0.4, -0.2) is 53.0 Å². The lowest BCUT2D eigenvalue weighted by molar-refractivity contribution is -0.143. The number of carbonyl (C=O) groups excluding carboxylic acids is 1. The molecule has 7 nitrogen and oxygen atoms in total. The van der Waals surface area contributed by atoms with Gasteiger partial charge in [0, 0.05) is 32.6 Å². The Kier molecular flexibility index (Phi) is 6.64. The maximum atomic E-state index is 12.5. The molecule has 0 bridgehead atoms. The van der Waals surface area contributed by atoms with Crippen molar-refractivity contribution in [2.45, 2.75) is 32.7 Å². The molecule has 0 radical (unpaired) electrons. The lowest BCUT2D eigenvalue weighted by Gasteiger charge is -2.40. The summed E-state index contributed by atoms with van der Waals surface area (Å²) in [7, 11) is 0. The maximum Gasteiger partial charge on any atom is 0.306 e. The molecule has 0 amide bonds. The Morgan fingerprint density at radius 1 is 0.952 bits per heavy atom. The summed E-state index contributed by atoms with van der Waals surface area (Å²) in [6, 6.07) is 28.3. The third kappa shape index (κ3) is 4.14. The van der Waals surface area contributed by atoms with E-state index in [9.17, 15) is 10.1 Å². The Morgan fingerprint density at radius 2 is 1.60 bits per heavy atom. The van der Waals surface area contributed by atoms with E-state index in [1.54, 1.807) is 0 Å². The van der Waals surface area contributed by atoms with Crippen molar-refractivity contribution in [2.75, 3.05) is 37.7 Å². The minimum atomic E-state index is -0.222. The topological polar surface area (TPSA) is 73.9 Å². The van der Waals surface area contributed by atoms with E-state index in [0.29, 0.717) is 24.2 Å². The lowest BCUT2D eigenvalue weighted by atomic mass is 9.99. The molecule has 0 spiro atoms. The highest BCUT2D eigenvalue weighted by atomic mass is 16.5. The number of pyridine rings is 1. The monoisotopic (exact) mass is 555 g/mol. The molecular formula is C35H33N5O2. The van der Waals surface area contributed by atoms with Crippen LogP contribution >= 0.6 is 0 Å². The summed E-state index contributed by atoms with van der Waals surface area (Å²) in [5.41, 5.74) is 10.4. The van der Waals surface area contributed by atoms with Crippen LogP contribution in [0.4, 0.5) is 5.82 Å². The van der Waals surface area contributed by atoms with Crippen LogP contribution in [0, 0.1) is 18.3 Å². The van der Waals surface area contributed by atoms with Gasteiger partial charge in [-0.2, -0.15) is 5.26 Å². The second-order valence-electron chi connectivity index (χ2n) is 11.1. The molecule has 42 heavy (non-hydrogen) atoms. The molecule has 1 aliphatic carbocycles. The van der Waals surface area contributed by atoms with E-state index in [0.717, 1.165) is 54.2 Å². The average molecular weight is 556 g/mol. The Balaban J connectivity index is 1.29. The first-order valence-corrected chi connectivity index (χ1v) is 14.8. The minimum absolute atomic E-state index is 0.222. The van der Waals surface area contributed by atoms with Gasteiger partial charge in [-0.3, -0.25) is 14.1 Å². The van der Waals surface area contributed by atoms with E-state index >= 15 is 0 Å². The molecule has 2 aromatic heterocycles. The fourth-order valence-corrected chi connectivity index (χ4v) is 6.97. The summed E-state index contributed by atoms with van der Waals surface area (Å²) in [5.74, 6) is 0.812. The number of esters is 1. The summed E-state index contributed by atoms with van der Waals surface area (Å²) >= 11 is 0. The van der Waals surface area contributed by atoms with Crippen LogP contribution in [0.2, 0.25) is 0 Å². The van der Waals surface area contributed by atoms with Gasteiger partial charge >= 0.3 is 5.97 Å². The number of benzene rings is 3. The van der Waals surface area contributed by atoms with Crippen molar-refractivity contribution < 1.29 is 9.53 Å². The van der Waals surface area contributed by atoms with Gasteiger partial charge in [-0.15, -0.1) is 0 Å². The van der Waals surface area contributed by atoms with Crippen molar-refractivity contribution in [1.29, 1.82) is 5.26 Å². The van der Waals surface area contributed by atoms with Gasteiger partial charge in [0.05, 0.1) is 29.2 Å². The molecular weight excluding hydrogens is 522 g/mol. The maximum absolute atomic E-state index is 12.5. The molecule has 2 aliphatic rings. The highest BCUT2D eigenvalue weighted by molar-refractivity contribution is 5.86. The normalized spacial score (nSPS) is 15.1. The van der Waals surface area contributed by atoms with E-state index in [-0.39, 0.29) is 18.4 Å². The zero-order chi connectivity index (χ0) is 28.8. The molecule has 7 rings (SSSR count). The van der Waals surface area contributed by atoms with Crippen molar-refractivity contribution >= 4 is 28.5 Å². The fourth-order valence-electron chi connectivity index (χ4n) is 6.97. The van der Waals surface area contributed by atoms with E-state index in [1.807, 2.05) is 32.0 Å². The first kappa shape index (κ1) is 26.2. The van der Waals surface area contributed by atoms with Crippen molar-refractivity contribution in [2.24, 2.45) is 0 Å². The highest BCUT2D eigenvalue weighted by Crippen LogP contribution is 2.46. The number of nitriles is 1. The second kappa shape index (κ2) is 10.6. The number of para-hydroxylation sites is 2. The molecule has 5 aromatic rings. The van der Waals surface area contributed by atoms with Crippen LogP contribution in [0.25, 0.3) is 27.8 Å². The third-order valence-electron chi connectivity index (χ3n) is 8.87. The predicted octanol–water partition coefficient (Wildman–Crippen LogP) is 6.06. The zero-order valence-electron chi connectivity index (χ0n) is 24.0. The number of carbonyl (C=O) groups is 1. The van der Waals surface area contributed by atoms with Crippen LogP contribution in [0.15, 0.2) is 72.8 Å². The average Bonchev–Trinajstić information content (AvgIpc) is 3.56. The Labute approximate surface area is 245 Å². The quantitative estimate of drug-likeness (QED) is 0.237. The summed E-state index contributed by atoms with van der Waals surface area (Å²) in [4.78, 5) is 22.4. The third-order valence-corrected chi connectivity index (χ3v) is 8.87. The number of aromatic nitrogens is 2. The summed E-state index contributed by atoms with van der Waals surface area (Å²) in [5, 5.41) is 10.2. The summed E-state index contributed by atoms with van der Waals surface area (Å²) < 4.78 is 7.42. The molecule has 210 valence electrons. The Bertz CT molecular complexity index is 1830. The van der Waals surface area contributed by atoms with Gasteiger partial charge < -0.3 is 9.64 Å². The SMILES string of the molecule is CCOC(=O)CCc1c(C)c(C#N)c2nc3ccccc3n2c1N1CCN(C2c3ccccc3-c3ccccc32)CC1. The highest BCUT2D eigenvalue weighted by Gasteiger charge is 2.35. The zero-order valence-corrected chi connectivity index (χ0v) is 24.0. The second-order valence-corrected chi connectivity index (χ2v) is 11.1. The molecule has 0 saturated carbocycles. The molecule has 7 heteroatoms. The number of anilines is 1. The summed E-state index contributed by atoms with van der Waals surface area (Å²) in [6.07, 6.45) is 0.765. The van der Waals surface area contributed by atoms with E-state index in [4.69, 9.17) is 9.72 Å². The van der Waals surface area contributed by atoms with Crippen LogP contribution in [-0.2, 0) is 16.0 Å². The van der Waals surface area contributed by atoms with E-state index in [1.165, 1.54) is 22.3 Å². The number of imidazole rings is 1. The van der Waals surface area contributed by atoms with Crippen molar-refractivity contribution in [3.63, 3.8) is 0 Å². The van der Waals surface area contributed by atoms with Crippen LogP contribution < -0.4 is 4.90 Å². The number of hydrogen-bond acceptors (Lipinski definition) is 6. The van der Waals surface area contributed by atoms with Crippen molar-refractivity contribution in [3.05, 3.63) is 101 Å². The number of fused-ring (bicyclic) bond motifs is 6. The van der Waals surface area contributed by atoms with Crippen molar-refractivity contribution in [1.82, 2.24) is 14.3 Å². The first-order valence-electron chi connectivity index (χ1n) is 14.8. The van der Waals surface area contributed by atoms with E-state index in [2.05, 4.69) is 74.9 Å². The van der Waals surface area contributed by atoms with Crippen LogP contribution in [0.1, 0.15) is 47.2 Å². The number of nitrogens with zero attached hydrogens (tertiary/aromatic N) is 5. The molecule has 1 saturated heterocycles. The number of rotatable bonds is 6. The molecule has 3 heterocycles. The Hall–Kier alpha value is -4.67. The van der Waals surface area contributed by atoms with Gasteiger partial charge in [0.1, 0.15) is 11.9 Å². The first-order chi connectivity index (χ1) is 20.6.